The van der Waals surface area contributed by atoms with E-state index in [1.54, 1.807) is 28.7 Å². The van der Waals surface area contributed by atoms with E-state index in [0.717, 1.165) is 0 Å². The van der Waals surface area contributed by atoms with Crippen molar-refractivity contribution < 1.29 is 17.9 Å². The maximum Gasteiger partial charge on any atom is 0.574 e. The van der Waals surface area contributed by atoms with Gasteiger partial charge < -0.3 is 4.74 Å². The third-order valence-corrected chi connectivity index (χ3v) is 4.00. The molecule has 0 aromatic carbocycles. The van der Waals surface area contributed by atoms with Crippen LogP contribution in [0.15, 0.2) is 12.3 Å². The van der Waals surface area contributed by atoms with E-state index in [0.29, 0.717) is 7.14 Å². The van der Waals surface area contributed by atoms with E-state index in [4.69, 9.17) is 0 Å². The summed E-state index contributed by atoms with van der Waals surface area (Å²) in [6.07, 6.45) is -3.41. The molecule has 7 heteroatoms. The topological polar surface area (TPSA) is 22.1 Å². The van der Waals surface area contributed by atoms with E-state index in [1.807, 2.05) is 22.6 Å². The van der Waals surface area contributed by atoms with Crippen molar-refractivity contribution >= 4 is 45.2 Å². The molecular weight excluding hydrogens is 413 g/mol. The quantitative estimate of drug-likeness (QED) is 0.658. The Balaban J connectivity index is 2.96. The molecule has 1 heterocycles. The Kier molecular flexibility index (Phi) is 3.60. The fraction of sp³-hybridized carbons (Fsp3) is 0.167. The monoisotopic (exact) mass is 415 g/mol. The fourth-order valence-corrected chi connectivity index (χ4v) is 1.40. The summed E-state index contributed by atoms with van der Waals surface area (Å²) < 4.78 is 40.1. The maximum atomic E-state index is 11.8. The standard InChI is InChI=1S/C6H2F3I2NO/c7-6(8,9)13-5-4(11)3(10)1-2-12-5/h1-2H. The minimum atomic E-state index is -4.68. The molecule has 1 aromatic rings. The van der Waals surface area contributed by atoms with Gasteiger partial charge in [0.2, 0.25) is 5.88 Å². The molecule has 0 spiro atoms. The zero-order valence-electron chi connectivity index (χ0n) is 5.90. The Bertz CT molecular complexity index is 315. The zero-order valence-corrected chi connectivity index (χ0v) is 10.2. The molecule has 0 aliphatic carbocycles. The van der Waals surface area contributed by atoms with Crippen LogP contribution in [0.2, 0.25) is 0 Å². The highest BCUT2D eigenvalue weighted by molar-refractivity contribution is 14.1. The van der Waals surface area contributed by atoms with Crippen molar-refractivity contribution in [3.8, 4) is 5.88 Å². The molecule has 13 heavy (non-hydrogen) atoms. The van der Waals surface area contributed by atoms with Gasteiger partial charge in [0.25, 0.3) is 0 Å². The van der Waals surface area contributed by atoms with E-state index >= 15 is 0 Å². The third kappa shape index (κ3) is 3.44. The number of nitrogens with zero attached hydrogens (tertiary/aromatic N) is 1. The SMILES string of the molecule is FC(F)(F)Oc1nccc(I)c1I. The van der Waals surface area contributed by atoms with Crippen LogP contribution in [0.1, 0.15) is 0 Å². The van der Waals surface area contributed by atoms with E-state index < -0.39 is 12.2 Å². The number of hydrogen-bond acceptors (Lipinski definition) is 2. The molecule has 0 radical (unpaired) electrons. The van der Waals surface area contributed by atoms with Gasteiger partial charge in [-0.2, -0.15) is 0 Å². The molecule has 0 atom stereocenters. The average Bonchev–Trinajstić information content (AvgIpc) is 1.96. The van der Waals surface area contributed by atoms with Crippen LogP contribution in [0.3, 0.4) is 0 Å². The van der Waals surface area contributed by atoms with E-state index in [9.17, 15) is 13.2 Å². The number of aromatic nitrogens is 1. The van der Waals surface area contributed by atoms with Gasteiger partial charge in [0.1, 0.15) is 0 Å². The van der Waals surface area contributed by atoms with Gasteiger partial charge in [-0.15, -0.1) is 13.2 Å². The van der Waals surface area contributed by atoms with Gasteiger partial charge in [-0.1, -0.05) is 0 Å². The van der Waals surface area contributed by atoms with Crippen LogP contribution in [0, 0.1) is 7.14 Å². The first-order valence-corrected chi connectivity index (χ1v) is 5.11. The minimum absolute atomic E-state index is 0.359. The Labute approximate surface area is 99.1 Å². The highest BCUT2D eigenvalue weighted by Crippen LogP contribution is 2.27. The predicted octanol–water partition coefficient (Wildman–Crippen LogP) is 3.19. The van der Waals surface area contributed by atoms with Crippen molar-refractivity contribution in [1.82, 2.24) is 4.98 Å². The molecule has 0 fully saturated rings. The second-order valence-electron chi connectivity index (χ2n) is 1.96. The van der Waals surface area contributed by atoms with Crippen LogP contribution in [0.25, 0.3) is 0 Å². The summed E-state index contributed by atoms with van der Waals surface area (Å²) in [5.41, 5.74) is 0. The number of pyridine rings is 1. The molecule has 0 bridgehead atoms. The second-order valence-corrected chi connectivity index (χ2v) is 4.20. The van der Waals surface area contributed by atoms with Crippen molar-refractivity contribution in [3.05, 3.63) is 19.4 Å². The van der Waals surface area contributed by atoms with Gasteiger partial charge in [0, 0.05) is 9.77 Å². The van der Waals surface area contributed by atoms with Crippen LogP contribution in [-0.4, -0.2) is 11.3 Å². The predicted molar refractivity (Wildman–Crippen MR) is 56.4 cm³/mol. The maximum absolute atomic E-state index is 11.8. The van der Waals surface area contributed by atoms with Crippen molar-refractivity contribution in [3.63, 3.8) is 0 Å². The molecule has 0 amide bonds. The van der Waals surface area contributed by atoms with Crippen LogP contribution in [-0.2, 0) is 0 Å². The number of hydrogen-bond donors (Lipinski definition) is 0. The van der Waals surface area contributed by atoms with Gasteiger partial charge in [0.05, 0.1) is 3.57 Å². The zero-order chi connectivity index (χ0) is 10.1. The number of halogens is 5. The summed E-state index contributed by atoms with van der Waals surface area (Å²) in [7, 11) is 0. The third-order valence-electron chi connectivity index (χ3n) is 1.02. The average molecular weight is 415 g/mol. The molecule has 1 aromatic heterocycles. The van der Waals surface area contributed by atoms with E-state index in [-0.39, 0.29) is 0 Å². The summed E-state index contributed by atoms with van der Waals surface area (Å²) in [5, 5.41) is 0. The molecule has 72 valence electrons. The number of rotatable bonds is 1. The molecular formula is C6H2F3I2NO. The van der Waals surface area contributed by atoms with E-state index in [1.165, 1.54) is 6.20 Å². The van der Waals surface area contributed by atoms with Crippen LogP contribution >= 0.6 is 45.2 Å². The fourth-order valence-electron chi connectivity index (χ4n) is 0.583. The highest BCUT2D eigenvalue weighted by Gasteiger charge is 2.32. The van der Waals surface area contributed by atoms with Crippen LogP contribution in [0.4, 0.5) is 13.2 Å². The lowest BCUT2D eigenvalue weighted by molar-refractivity contribution is -0.276. The summed E-state index contributed by atoms with van der Waals surface area (Å²) in [6, 6.07) is 1.60. The lowest BCUT2D eigenvalue weighted by Gasteiger charge is -2.09. The molecule has 2 nitrogen and oxygen atoms in total. The lowest BCUT2D eigenvalue weighted by atomic mass is 10.5. The minimum Gasteiger partial charge on any atom is -0.387 e. The molecule has 0 N–H and O–H groups in total. The summed E-state index contributed by atoms with van der Waals surface area (Å²) in [6.45, 7) is 0. The van der Waals surface area contributed by atoms with Gasteiger partial charge in [-0.3, -0.25) is 0 Å². The summed E-state index contributed by atoms with van der Waals surface area (Å²) in [4.78, 5) is 3.47. The molecule has 0 aliphatic heterocycles. The van der Waals surface area contributed by atoms with Crippen LogP contribution < -0.4 is 4.74 Å². The molecule has 1 rings (SSSR count). The van der Waals surface area contributed by atoms with Crippen molar-refractivity contribution in [2.45, 2.75) is 6.36 Å². The number of alkyl halides is 3. The highest BCUT2D eigenvalue weighted by atomic mass is 127. The normalized spacial score (nSPS) is 11.5. The molecule has 0 aliphatic rings. The van der Waals surface area contributed by atoms with Gasteiger partial charge in [-0.05, 0) is 51.2 Å². The molecule has 0 unspecified atom stereocenters. The van der Waals surface area contributed by atoms with Crippen molar-refractivity contribution in [2.75, 3.05) is 0 Å². The van der Waals surface area contributed by atoms with Crippen molar-refractivity contribution in [2.24, 2.45) is 0 Å². The Morgan fingerprint density at radius 2 is 1.92 bits per heavy atom. The Morgan fingerprint density at radius 1 is 1.31 bits per heavy atom. The molecule has 0 saturated carbocycles. The largest absolute Gasteiger partial charge is 0.574 e. The summed E-state index contributed by atoms with van der Waals surface area (Å²) in [5.74, 6) is -0.403. The van der Waals surface area contributed by atoms with Gasteiger partial charge in [-0.25, -0.2) is 4.98 Å². The van der Waals surface area contributed by atoms with Gasteiger partial charge in [0.15, 0.2) is 0 Å². The van der Waals surface area contributed by atoms with Crippen LogP contribution in [0.5, 0.6) is 5.88 Å². The first-order chi connectivity index (χ1) is 5.90. The lowest BCUT2D eigenvalue weighted by Crippen LogP contribution is -2.18. The first kappa shape index (κ1) is 11.3. The second kappa shape index (κ2) is 4.15. The Morgan fingerprint density at radius 3 is 2.46 bits per heavy atom. The molecule has 0 saturated heterocycles. The summed E-state index contributed by atoms with van der Waals surface area (Å²) >= 11 is 3.66. The Hall–Kier alpha value is 0.200. The first-order valence-electron chi connectivity index (χ1n) is 2.96. The van der Waals surface area contributed by atoms with E-state index in [2.05, 4.69) is 9.72 Å². The van der Waals surface area contributed by atoms with Gasteiger partial charge >= 0.3 is 6.36 Å². The smallest absolute Gasteiger partial charge is 0.387 e. The number of ether oxygens (including phenoxy) is 1. The van der Waals surface area contributed by atoms with Crippen molar-refractivity contribution in [1.29, 1.82) is 0 Å².